The second-order valence-electron chi connectivity index (χ2n) is 4.26. The summed E-state index contributed by atoms with van der Waals surface area (Å²) in [5.74, 6) is 0.919. The van der Waals surface area contributed by atoms with Crippen molar-refractivity contribution < 1.29 is 19.0 Å². The first kappa shape index (κ1) is 12.7. The zero-order valence-corrected chi connectivity index (χ0v) is 10.5. The molecule has 1 fully saturated rings. The van der Waals surface area contributed by atoms with Crippen LogP contribution >= 0.6 is 0 Å². The Bertz CT molecular complexity index is 445. The SMILES string of the molecule is COc1ccc([C@@H](C)N)c(OC2CCOC2=O)c1. The Labute approximate surface area is 106 Å². The number of hydrogen-bond donors (Lipinski definition) is 1. The molecule has 1 unspecified atom stereocenters. The quantitative estimate of drug-likeness (QED) is 0.819. The molecule has 0 amide bonds. The van der Waals surface area contributed by atoms with Gasteiger partial charge in [0.1, 0.15) is 11.5 Å². The number of methoxy groups -OCH3 is 1. The van der Waals surface area contributed by atoms with E-state index in [0.29, 0.717) is 24.5 Å². The van der Waals surface area contributed by atoms with Crippen molar-refractivity contribution in [3.05, 3.63) is 23.8 Å². The lowest BCUT2D eigenvalue weighted by Crippen LogP contribution is -2.23. The number of carbonyl (C=O) groups is 1. The summed E-state index contributed by atoms with van der Waals surface area (Å²) in [6, 6.07) is 5.23. The molecule has 1 heterocycles. The van der Waals surface area contributed by atoms with Crippen LogP contribution in [0, 0.1) is 0 Å². The van der Waals surface area contributed by atoms with Crippen LogP contribution in [0.2, 0.25) is 0 Å². The van der Waals surface area contributed by atoms with Gasteiger partial charge in [-0.2, -0.15) is 0 Å². The number of nitrogens with two attached hydrogens (primary N) is 1. The lowest BCUT2D eigenvalue weighted by Gasteiger charge is -2.17. The van der Waals surface area contributed by atoms with E-state index in [1.807, 2.05) is 19.1 Å². The summed E-state index contributed by atoms with van der Waals surface area (Å²) in [7, 11) is 1.58. The van der Waals surface area contributed by atoms with Crippen LogP contribution in [0.1, 0.15) is 24.9 Å². The Hall–Kier alpha value is -1.75. The minimum atomic E-state index is -0.547. The summed E-state index contributed by atoms with van der Waals surface area (Å²) >= 11 is 0. The number of benzene rings is 1. The average Bonchev–Trinajstić information content (AvgIpc) is 2.74. The minimum absolute atomic E-state index is 0.177. The second-order valence-corrected chi connectivity index (χ2v) is 4.26. The number of hydrogen-bond acceptors (Lipinski definition) is 5. The van der Waals surface area contributed by atoms with Crippen molar-refractivity contribution in [1.29, 1.82) is 0 Å². The van der Waals surface area contributed by atoms with Crippen molar-refractivity contribution in [3.8, 4) is 11.5 Å². The van der Waals surface area contributed by atoms with Gasteiger partial charge in [-0.15, -0.1) is 0 Å². The van der Waals surface area contributed by atoms with Crippen LogP contribution in [0.15, 0.2) is 18.2 Å². The number of ether oxygens (including phenoxy) is 3. The predicted octanol–water partition coefficient (Wildman–Crippen LogP) is 1.41. The maximum atomic E-state index is 11.4. The lowest BCUT2D eigenvalue weighted by atomic mass is 10.1. The van der Waals surface area contributed by atoms with Crippen molar-refractivity contribution in [2.75, 3.05) is 13.7 Å². The molecule has 98 valence electrons. The fourth-order valence-corrected chi connectivity index (χ4v) is 1.86. The zero-order valence-electron chi connectivity index (χ0n) is 10.5. The van der Waals surface area contributed by atoms with Gasteiger partial charge in [0.15, 0.2) is 6.10 Å². The third-order valence-corrected chi connectivity index (χ3v) is 2.87. The van der Waals surface area contributed by atoms with Crippen LogP contribution in [0.25, 0.3) is 0 Å². The highest BCUT2D eigenvalue weighted by Gasteiger charge is 2.29. The van der Waals surface area contributed by atoms with E-state index in [-0.39, 0.29) is 12.0 Å². The predicted molar refractivity (Wildman–Crippen MR) is 65.6 cm³/mol. The fraction of sp³-hybridized carbons (Fsp3) is 0.462. The van der Waals surface area contributed by atoms with E-state index in [1.54, 1.807) is 13.2 Å². The van der Waals surface area contributed by atoms with Crippen LogP contribution < -0.4 is 15.2 Å². The van der Waals surface area contributed by atoms with Crippen LogP contribution in [0.5, 0.6) is 11.5 Å². The summed E-state index contributed by atoms with van der Waals surface area (Å²) < 4.78 is 15.7. The van der Waals surface area contributed by atoms with Crippen LogP contribution in [0.4, 0.5) is 0 Å². The molecule has 0 bridgehead atoms. The van der Waals surface area contributed by atoms with Gasteiger partial charge in [-0.05, 0) is 13.0 Å². The van der Waals surface area contributed by atoms with Gasteiger partial charge in [0.25, 0.3) is 0 Å². The summed E-state index contributed by atoms with van der Waals surface area (Å²) in [5.41, 5.74) is 6.72. The first-order chi connectivity index (χ1) is 8.61. The molecule has 2 rings (SSSR count). The van der Waals surface area contributed by atoms with Gasteiger partial charge in [0.05, 0.1) is 13.7 Å². The molecule has 0 aliphatic carbocycles. The highest BCUT2D eigenvalue weighted by molar-refractivity contribution is 5.76. The highest BCUT2D eigenvalue weighted by atomic mass is 16.6. The van der Waals surface area contributed by atoms with E-state index in [4.69, 9.17) is 19.9 Å². The monoisotopic (exact) mass is 251 g/mol. The van der Waals surface area contributed by atoms with E-state index in [2.05, 4.69) is 0 Å². The van der Waals surface area contributed by atoms with Crippen molar-refractivity contribution in [1.82, 2.24) is 0 Å². The number of carbonyl (C=O) groups excluding carboxylic acids is 1. The van der Waals surface area contributed by atoms with Gasteiger partial charge >= 0.3 is 5.97 Å². The molecule has 0 spiro atoms. The Morgan fingerprint density at radius 3 is 2.83 bits per heavy atom. The lowest BCUT2D eigenvalue weighted by molar-refractivity contribution is -0.143. The molecule has 0 saturated carbocycles. The topological polar surface area (TPSA) is 70.8 Å². The molecule has 2 N–H and O–H groups in total. The molecular weight excluding hydrogens is 234 g/mol. The first-order valence-corrected chi connectivity index (χ1v) is 5.88. The molecule has 1 aliphatic rings. The van der Waals surface area contributed by atoms with E-state index in [9.17, 15) is 4.79 Å². The van der Waals surface area contributed by atoms with Gasteiger partial charge in [-0.3, -0.25) is 0 Å². The van der Waals surface area contributed by atoms with E-state index >= 15 is 0 Å². The maximum absolute atomic E-state index is 11.4. The van der Waals surface area contributed by atoms with Crippen molar-refractivity contribution in [2.45, 2.75) is 25.5 Å². The number of rotatable bonds is 4. The molecule has 1 aromatic carbocycles. The Morgan fingerprint density at radius 2 is 2.28 bits per heavy atom. The maximum Gasteiger partial charge on any atom is 0.347 e. The molecule has 18 heavy (non-hydrogen) atoms. The molecule has 1 saturated heterocycles. The Kier molecular flexibility index (Phi) is 3.72. The zero-order chi connectivity index (χ0) is 13.1. The molecule has 0 radical (unpaired) electrons. The van der Waals surface area contributed by atoms with Crippen molar-refractivity contribution in [3.63, 3.8) is 0 Å². The highest BCUT2D eigenvalue weighted by Crippen LogP contribution is 2.30. The van der Waals surface area contributed by atoms with E-state index in [0.717, 1.165) is 5.56 Å². The average molecular weight is 251 g/mol. The standard InChI is InChI=1S/C13H17NO4/c1-8(14)10-4-3-9(16-2)7-12(10)18-11-5-6-17-13(11)15/h3-4,7-8,11H,5-6,14H2,1-2H3/t8-,11?/m1/s1. The van der Waals surface area contributed by atoms with Crippen LogP contribution in [0.3, 0.4) is 0 Å². The summed E-state index contributed by atoms with van der Waals surface area (Å²) in [6.45, 7) is 2.27. The normalized spacial score (nSPS) is 20.4. The Morgan fingerprint density at radius 1 is 1.50 bits per heavy atom. The second kappa shape index (κ2) is 5.27. The molecule has 5 nitrogen and oxygen atoms in total. The van der Waals surface area contributed by atoms with Gasteiger partial charge < -0.3 is 19.9 Å². The third kappa shape index (κ3) is 2.56. The molecule has 1 aliphatic heterocycles. The van der Waals surface area contributed by atoms with E-state index < -0.39 is 6.10 Å². The minimum Gasteiger partial charge on any atom is -0.497 e. The van der Waals surface area contributed by atoms with Gasteiger partial charge in [-0.25, -0.2) is 4.79 Å². The van der Waals surface area contributed by atoms with Crippen LogP contribution in [-0.2, 0) is 9.53 Å². The summed E-state index contributed by atoms with van der Waals surface area (Å²) in [6.07, 6.45) is 0.0173. The van der Waals surface area contributed by atoms with Crippen molar-refractivity contribution in [2.24, 2.45) is 5.73 Å². The molecule has 5 heteroatoms. The van der Waals surface area contributed by atoms with Crippen LogP contribution in [-0.4, -0.2) is 25.8 Å². The number of cyclic esters (lactones) is 1. The third-order valence-electron chi connectivity index (χ3n) is 2.87. The molecular formula is C13H17NO4. The molecule has 1 aromatic rings. The first-order valence-electron chi connectivity index (χ1n) is 5.88. The van der Waals surface area contributed by atoms with Gasteiger partial charge in [0.2, 0.25) is 0 Å². The van der Waals surface area contributed by atoms with E-state index in [1.165, 1.54) is 0 Å². The molecule has 2 atom stereocenters. The Balaban J connectivity index is 2.25. The smallest absolute Gasteiger partial charge is 0.347 e. The largest absolute Gasteiger partial charge is 0.497 e. The van der Waals surface area contributed by atoms with Crippen molar-refractivity contribution >= 4 is 5.97 Å². The summed E-state index contributed by atoms with van der Waals surface area (Å²) in [5, 5.41) is 0. The summed E-state index contributed by atoms with van der Waals surface area (Å²) in [4.78, 5) is 11.4. The van der Waals surface area contributed by atoms with Gasteiger partial charge in [0, 0.05) is 24.1 Å². The fourth-order valence-electron chi connectivity index (χ4n) is 1.86. The molecule has 0 aromatic heterocycles. The van der Waals surface area contributed by atoms with Gasteiger partial charge in [-0.1, -0.05) is 6.07 Å². The number of esters is 1.